The molecular formula is C13H20BrO3P. The van der Waals surface area contributed by atoms with Crippen molar-refractivity contribution in [2.75, 3.05) is 19.3 Å². The van der Waals surface area contributed by atoms with Crippen LogP contribution in [0.5, 0.6) is 11.5 Å². The summed E-state index contributed by atoms with van der Waals surface area (Å²) in [6, 6.07) is 5.47. The second-order valence-electron chi connectivity index (χ2n) is 5.04. The van der Waals surface area contributed by atoms with Crippen LogP contribution >= 0.6 is 23.1 Å². The minimum Gasteiger partial charge on any atom is -0.496 e. The highest BCUT2D eigenvalue weighted by Crippen LogP contribution is 2.60. The standard InChI is InChI=1S/C13H20BrO3P/c1-13(2,3)18(15,9-14)12-10(16-4)7-6-8-11(12)17-5/h6-8H,9H2,1-5H3. The van der Waals surface area contributed by atoms with Crippen molar-refractivity contribution in [1.82, 2.24) is 0 Å². The third-order valence-electron chi connectivity index (χ3n) is 3.01. The molecule has 0 saturated heterocycles. The Morgan fingerprint density at radius 2 is 1.61 bits per heavy atom. The average Bonchev–Trinajstić information content (AvgIpc) is 2.35. The largest absolute Gasteiger partial charge is 0.496 e. The lowest BCUT2D eigenvalue weighted by Crippen LogP contribution is -2.26. The van der Waals surface area contributed by atoms with Gasteiger partial charge in [-0.15, -0.1) is 0 Å². The number of methoxy groups -OCH3 is 2. The molecule has 0 radical (unpaired) electrons. The lowest BCUT2D eigenvalue weighted by Gasteiger charge is -2.32. The summed E-state index contributed by atoms with van der Waals surface area (Å²) in [5, 5.41) is 0.720. The summed E-state index contributed by atoms with van der Waals surface area (Å²) in [7, 11) is 0.488. The lowest BCUT2D eigenvalue weighted by atomic mass is 10.2. The van der Waals surface area contributed by atoms with Crippen LogP contribution in [0.4, 0.5) is 0 Å². The molecule has 0 amide bonds. The Hall–Kier alpha value is -0.470. The monoisotopic (exact) mass is 334 g/mol. The number of rotatable bonds is 4. The third-order valence-corrected chi connectivity index (χ3v) is 8.80. The Morgan fingerprint density at radius 1 is 1.17 bits per heavy atom. The predicted octanol–water partition coefficient (Wildman–Crippen LogP) is 3.84. The maximum absolute atomic E-state index is 13.4. The minimum atomic E-state index is -2.68. The molecule has 1 unspecified atom stereocenters. The molecule has 102 valence electrons. The van der Waals surface area contributed by atoms with Crippen LogP contribution in [0.2, 0.25) is 0 Å². The minimum absolute atomic E-state index is 0.363. The molecule has 1 rings (SSSR count). The predicted molar refractivity (Wildman–Crippen MR) is 80.3 cm³/mol. The van der Waals surface area contributed by atoms with Crippen molar-refractivity contribution in [1.29, 1.82) is 0 Å². The van der Waals surface area contributed by atoms with Crippen molar-refractivity contribution in [2.24, 2.45) is 0 Å². The van der Waals surface area contributed by atoms with Gasteiger partial charge in [-0.25, -0.2) is 0 Å². The van der Waals surface area contributed by atoms with E-state index in [1.54, 1.807) is 14.2 Å². The van der Waals surface area contributed by atoms with Crippen LogP contribution in [0.3, 0.4) is 0 Å². The first-order chi connectivity index (χ1) is 8.31. The smallest absolute Gasteiger partial charge is 0.138 e. The van der Waals surface area contributed by atoms with Crippen LogP contribution in [0.1, 0.15) is 20.8 Å². The topological polar surface area (TPSA) is 35.5 Å². The van der Waals surface area contributed by atoms with Gasteiger partial charge in [0.1, 0.15) is 18.6 Å². The van der Waals surface area contributed by atoms with Crippen molar-refractivity contribution < 1.29 is 14.0 Å². The molecule has 0 bridgehead atoms. The Morgan fingerprint density at radius 3 is 1.89 bits per heavy atom. The molecule has 0 spiro atoms. The number of ether oxygens (including phenoxy) is 2. The summed E-state index contributed by atoms with van der Waals surface area (Å²) < 4.78 is 24.1. The van der Waals surface area contributed by atoms with E-state index in [1.807, 2.05) is 39.0 Å². The molecule has 5 heteroatoms. The first-order valence-corrected chi connectivity index (χ1v) is 8.70. The van der Waals surface area contributed by atoms with Gasteiger partial charge >= 0.3 is 0 Å². The fraction of sp³-hybridized carbons (Fsp3) is 0.538. The van der Waals surface area contributed by atoms with Crippen molar-refractivity contribution in [3.05, 3.63) is 18.2 Å². The molecule has 0 aliphatic rings. The van der Waals surface area contributed by atoms with Crippen LogP contribution in [0, 0.1) is 0 Å². The first kappa shape index (κ1) is 15.6. The van der Waals surface area contributed by atoms with E-state index in [0.29, 0.717) is 21.9 Å². The van der Waals surface area contributed by atoms with Crippen LogP contribution in [-0.4, -0.2) is 24.4 Å². The number of hydrogen-bond donors (Lipinski definition) is 0. The van der Waals surface area contributed by atoms with E-state index in [0.717, 1.165) is 0 Å². The number of benzene rings is 1. The molecule has 1 aromatic carbocycles. The Kier molecular flexibility index (Phi) is 4.90. The Labute approximate surface area is 117 Å². The van der Waals surface area contributed by atoms with Gasteiger partial charge in [-0.2, -0.15) is 0 Å². The molecule has 0 fully saturated rings. The zero-order chi connectivity index (χ0) is 14.0. The van der Waals surface area contributed by atoms with E-state index in [4.69, 9.17) is 9.47 Å². The van der Waals surface area contributed by atoms with Gasteiger partial charge in [0.25, 0.3) is 0 Å². The zero-order valence-corrected chi connectivity index (χ0v) is 14.0. The number of alkyl halides is 1. The van der Waals surface area contributed by atoms with E-state index in [9.17, 15) is 4.57 Å². The quantitative estimate of drug-likeness (QED) is 0.619. The molecular weight excluding hydrogens is 315 g/mol. The van der Waals surface area contributed by atoms with Gasteiger partial charge in [-0.05, 0) is 12.1 Å². The molecule has 0 saturated carbocycles. The summed E-state index contributed by atoms with van der Waals surface area (Å²) in [5.41, 5.74) is 0. The molecule has 1 aromatic rings. The molecule has 0 aliphatic heterocycles. The van der Waals surface area contributed by atoms with Crippen molar-refractivity contribution in [3.8, 4) is 11.5 Å². The van der Waals surface area contributed by atoms with Gasteiger partial charge in [0, 0.05) is 5.16 Å². The van der Waals surface area contributed by atoms with Crippen LogP contribution in [-0.2, 0) is 4.57 Å². The summed E-state index contributed by atoms with van der Waals surface area (Å²) in [6.07, 6.45) is 0. The van der Waals surface area contributed by atoms with E-state index in [2.05, 4.69) is 15.9 Å². The van der Waals surface area contributed by atoms with Crippen LogP contribution in [0.15, 0.2) is 18.2 Å². The fourth-order valence-corrected chi connectivity index (χ4v) is 6.96. The maximum Gasteiger partial charge on any atom is 0.138 e. The maximum atomic E-state index is 13.4. The number of halogens is 1. The van der Waals surface area contributed by atoms with Gasteiger partial charge in [-0.3, -0.25) is 0 Å². The zero-order valence-electron chi connectivity index (χ0n) is 11.5. The van der Waals surface area contributed by atoms with Gasteiger partial charge < -0.3 is 14.0 Å². The molecule has 3 nitrogen and oxygen atoms in total. The Bertz CT molecular complexity index is 444. The van der Waals surface area contributed by atoms with Gasteiger partial charge in [0.15, 0.2) is 0 Å². The van der Waals surface area contributed by atoms with E-state index in [-0.39, 0.29) is 5.16 Å². The van der Waals surface area contributed by atoms with Crippen LogP contribution in [0.25, 0.3) is 0 Å². The third kappa shape index (κ3) is 2.60. The second kappa shape index (κ2) is 5.66. The Balaban J connectivity index is 3.61. The second-order valence-corrected chi connectivity index (χ2v) is 10.1. The van der Waals surface area contributed by atoms with Gasteiger partial charge in [-0.1, -0.05) is 42.8 Å². The fourth-order valence-electron chi connectivity index (χ4n) is 1.76. The van der Waals surface area contributed by atoms with Crippen molar-refractivity contribution in [3.63, 3.8) is 0 Å². The summed E-state index contributed by atoms with van der Waals surface area (Å²) in [6.45, 7) is 5.92. The molecule has 0 heterocycles. The van der Waals surface area contributed by atoms with Crippen LogP contribution < -0.4 is 14.8 Å². The van der Waals surface area contributed by atoms with Gasteiger partial charge in [0.05, 0.1) is 24.6 Å². The molecule has 0 aliphatic carbocycles. The highest BCUT2D eigenvalue weighted by molar-refractivity contribution is 9.10. The highest BCUT2D eigenvalue weighted by Gasteiger charge is 2.41. The van der Waals surface area contributed by atoms with E-state index >= 15 is 0 Å². The molecule has 18 heavy (non-hydrogen) atoms. The van der Waals surface area contributed by atoms with Crippen molar-refractivity contribution >= 4 is 28.4 Å². The summed E-state index contributed by atoms with van der Waals surface area (Å²) in [5.74, 6) is 1.24. The SMILES string of the molecule is COc1cccc(OC)c1P(=O)(CBr)C(C)(C)C. The highest BCUT2D eigenvalue weighted by atomic mass is 79.9. The summed E-state index contributed by atoms with van der Waals surface area (Å²) >= 11 is 3.40. The van der Waals surface area contributed by atoms with Crippen molar-refractivity contribution in [2.45, 2.75) is 25.9 Å². The van der Waals surface area contributed by atoms with E-state index < -0.39 is 7.14 Å². The molecule has 1 atom stereocenters. The average molecular weight is 335 g/mol. The van der Waals surface area contributed by atoms with Gasteiger partial charge in [0.2, 0.25) is 0 Å². The lowest BCUT2D eigenvalue weighted by molar-refractivity contribution is 0.399. The molecule has 0 N–H and O–H groups in total. The number of hydrogen-bond acceptors (Lipinski definition) is 3. The van der Waals surface area contributed by atoms with E-state index in [1.165, 1.54) is 0 Å². The first-order valence-electron chi connectivity index (χ1n) is 5.68. The normalized spacial score (nSPS) is 15.0. The molecule has 0 aromatic heterocycles. The summed E-state index contributed by atoms with van der Waals surface area (Å²) in [4.78, 5) is 0.